The molecule has 0 fully saturated rings. The average Bonchev–Trinajstić information content (AvgIpc) is 3.10. The summed E-state index contributed by atoms with van der Waals surface area (Å²) in [6.45, 7) is 0. The van der Waals surface area contributed by atoms with Crippen molar-refractivity contribution in [2.24, 2.45) is 0 Å². The van der Waals surface area contributed by atoms with Gasteiger partial charge in [-0.25, -0.2) is 0 Å². The first-order chi connectivity index (χ1) is 9.93. The summed E-state index contributed by atoms with van der Waals surface area (Å²) in [5.74, 6) is 0. The van der Waals surface area contributed by atoms with Crippen molar-refractivity contribution in [3.8, 4) is 0 Å². The van der Waals surface area contributed by atoms with Crippen LogP contribution in [0.3, 0.4) is 0 Å². The average molecular weight is 256 g/mol. The van der Waals surface area contributed by atoms with Gasteiger partial charge >= 0.3 is 0 Å². The lowest BCUT2D eigenvalue weighted by atomic mass is 10.0. The Morgan fingerprint density at radius 3 is 1.75 bits per heavy atom. The zero-order valence-electron chi connectivity index (χ0n) is 11.3. The summed E-state index contributed by atoms with van der Waals surface area (Å²) in [4.78, 5) is 0. The highest BCUT2D eigenvalue weighted by atomic mass is 14.3. The summed E-state index contributed by atoms with van der Waals surface area (Å²) in [6.07, 6.45) is 6.90. The number of hydrogen-bond donors (Lipinski definition) is 0. The van der Waals surface area contributed by atoms with Crippen molar-refractivity contribution in [3.63, 3.8) is 0 Å². The van der Waals surface area contributed by atoms with Crippen molar-refractivity contribution in [3.05, 3.63) is 95.1 Å². The maximum atomic E-state index is 2.30. The largest absolute Gasteiger partial charge is 0.0622 e. The second kappa shape index (κ2) is 4.64. The molecule has 0 unspecified atom stereocenters. The van der Waals surface area contributed by atoms with Crippen molar-refractivity contribution in [2.45, 2.75) is 12.8 Å². The number of fused-ring (bicyclic) bond motifs is 1. The Hall–Kier alpha value is -2.34. The van der Waals surface area contributed by atoms with Gasteiger partial charge < -0.3 is 0 Å². The fourth-order valence-electron chi connectivity index (χ4n) is 3.28. The zero-order chi connectivity index (χ0) is 13.4. The molecule has 0 bridgehead atoms. The first-order valence-electron chi connectivity index (χ1n) is 7.19. The highest BCUT2D eigenvalue weighted by Crippen LogP contribution is 2.45. The fraction of sp³-hybridized carbons (Fsp3) is 0.100. The molecule has 2 aliphatic carbocycles. The van der Waals surface area contributed by atoms with E-state index in [-0.39, 0.29) is 0 Å². The molecule has 0 spiro atoms. The van der Waals surface area contributed by atoms with Crippen LogP contribution in [0.1, 0.15) is 24.0 Å². The molecule has 4 rings (SSSR count). The van der Waals surface area contributed by atoms with E-state index in [1.807, 2.05) is 0 Å². The van der Waals surface area contributed by atoms with Crippen molar-refractivity contribution >= 4 is 11.1 Å². The van der Waals surface area contributed by atoms with E-state index in [0.29, 0.717) is 0 Å². The monoisotopic (exact) mass is 256 g/mol. The van der Waals surface area contributed by atoms with Gasteiger partial charge in [-0.15, -0.1) is 0 Å². The Labute approximate surface area is 119 Å². The van der Waals surface area contributed by atoms with Crippen molar-refractivity contribution in [1.82, 2.24) is 0 Å². The lowest BCUT2D eigenvalue weighted by Gasteiger charge is -2.04. The molecule has 0 radical (unpaired) electrons. The predicted octanol–water partition coefficient (Wildman–Crippen LogP) is 5.26. The van der Waals surface area contributed by atoms with E-state index in [1.54, 1.807) is 0 Å². The topological polar surface area (TPSA) is 0 Å². The van der Waals surface area contributed by atoms with E-state index in [0.717, 1.165) is 12.8 Å². The van der Waals surface area contributed by atoms with Crippen molar-refractivity contribution < 1.29 is 0 Å². The minimum absolute atomic E-state index is 1.16. The third kappa shape index (κ3) is 1.77. The Balaban J connectivity index is 1.83. The first-order valence-corrected chi connectivity index (χ1v) is 7.19. The molecule has 0 aromatic heterocycles. The molecule has 0 amide bonds. The molecule has 0 saturated carbocycles. The lowest BCUT2D eigenvalue weighted by Crippen LogP contribution is -1.83. The van der Waals surface area contributed by atoms with Crippen LogP contribution in [0.15, 0.2) is 84.0 Å². The molecule has 0 nitrogen and oxygen atoms in total. The molecule has 0 atom stereocenters. The lowest BCUT2D eigenvalue weighted by molar-refractivity contribution is 1.08. The van der Waals surface area contributed by atoms with Crippen molar-refractivity contribution in [1.29, 1.82) is 0 Å². The molecule has 96 valence electrons. The van der Waals surface area contributed by atoms with Gasteiger partial charge in [0, 0.05) is 0 Å². The van der Waals surface area contributed by atoms with E-state index >= 15 is 0 Å². The van der Waals surface area contributed by atoms with Gasteiger partial charge in [0.25, 0.3) is 0 Å². The molecule has 0 heteroatoms. The van der Waals surface area contributed by atoms with Crippen LogP contribution in [0.5, 0.6) is 0 Å². The molecule has 0 aliphatic heterocycles. The molecule has 2 aromatic carbocycles. The third-order valence-electron chi connectivity index (χ3n) is 4.22. The number of allylic oxidation sites excluding steroid dienone is 6. The summed E-state index contributed by atoms with van der Waals surface area (Å²) in [6, 6.07) is 21.5. The van der Waals surface area contributed by atoms with E-state index in [9.17, 15) is 0 Å². The van der Waals surface area contributed by atoms with Gasteiger partial charge in [-0.1, -0.05) is 72.8 Å². The predicted molar refractivity (Wildman–Crippen MR) is 85.1 cm³/mol. The van der Waals surface area contributed by atoms with Gasteiger partial charge in [-0.2, -0.15) is 0 Å². The van der Waals surface area contributed by atoms with Gasteiger partial charge in [0.15, 0.2) is 0 Å². The van der Waals surface area contributed by atoms with Gasteiger partial charge in [-0.05, 0) is 46.3 Å². The van der Waals surface area contributed by atoms with Crippen LogP contribution in [-0.2, 0) is 0 Å². The third-order valence-corrected chi connectivity index (χ3v) is 4.22. The smallest absolute Gasteiger partial charge is 0.0146 e. The summed E-state index contributed by atoms with van der Waals surface area (Å²) in [5, 5.41) is 0. The van der Waals surface area contributed by atoms with Crippen LogP contribution in [-0.4, -0.2) is 0 Å². The van der Waals surface area contributed by atoms with Crippen LogP contribution in [0.4, 0.5) is 0 Å². The van der Waals surface area contributed by atoms with Gasteiger partial charge in [-0.3, -0.25) is 0 Å². The van der Waals surface area contributed by atoms with Crippen LogP contribution >= 0.6 is 0 Å². The van der Waals surface area contributed by atoms with E-state index in [2.05, 4.69) is 72.8 Å². The zero-order valence-corrected chi connectivity index (χ0v) is 11.3. The van der Waals surface area contributed by atoms with E-state index in [4.69, 9.17) is 0 Å². The standard InChI is InChI=1S/C20H16/c1-3-7-15(8-4-1)17-11-13-20-18(12-14-19(17)20)16-9-5-2-6-10-16/h1-11,13H,12,14H2. The summed E-state index contributed by atoms with van der Waals surface area (Å²) < 4.78 is 0. The SMILES string of the molecule is C1=CC(c2ccccc2)=C2CCC(c3ccccc3)=C12. The van der Waals surface area contributed by atoms with E-state index < -0.39 is 0 Å². The molecular weight excluding hydrogens is 240 g/mol. The maximum absolute atomic E-state index is 2.30. The second-order valence-electron chi connectivity index (χ2n) is 5.35. The van der Waals surface area contributed by atoms with Crippen LogP contribution in [0, 0.1) is 0 Å². The second-order valence-corrected chi connectivity index (χ2v) is 5.35. The molecule has 2 aromatic rings. The number of rotatable bonds is 2. The summed E-state index contributed by atoms with van der Waals surface area (Å²) in [5.41, 5.74) is 8.60. The molecular formula is C20H16. The van der Waals surface area contributed by atoms with E-state index in [1.165, 1.54) is 33.4 Å². The molecule has 20 heavy (non-hydrogen) atoms. The van der Waals surface area contributed by atoms with Crippen LogP contribution in [0.25, 0.3) is 11.1 Å². The Kier molecular flexibility index (Phi) is 2.67. The Bertz CT molecular complexity index is 728. The highest BCUT2D eigenvalue weighted by Gasteiger charge is 2.25. The molecule has 0 N–H and O–H groups in total. The first kappa shape index (κ1) is 11.5. The quantitative estimate of drug-likeness (QED) is 0.687. The normalized spacial score (nSPS) is 17.0. The molecule has 2 aliphatic rings. The minimum atomic E-state index is 1.16. The fourth-order valence-corrected chi connectivity index (χ4v) is 3.28. The van der Waals surface area contributed by atoms with Crippen LogP contribution in [0.2, 0.25) is 0 Å². The van der Waals surface area contributed by atoms with Gasteiger partial charge in [0.1, 0.15) is 0 Å². The number of hydrogen-bond acceptors (Lipinski definition) is 0. The maximum Gasteiger partial charge on any atom is -0.0146 e. The number of benzene rings is 2. The highest BCUT2D eigenvalue weighted by molar-refractivity contribution is 5.93. The summed E-state index contributed by atoms with van der Waals surface area (Å²) >= 11 is 0. The van der Waals surface area contributed by atoms with Gasteiger partial charge in [0.05, 0.1) is 0 Å². The van der Waals surface area contributed by atoms with Crippen molar-refractivity contribution in [2.75, 3.05) is 0 Å². The minimum Gasteiger partial charge on any atom is -0.0622 e. The summed E-state index contributed by atoms with van der Waals surface area (Å²) in [7, 11) is 0. The molecule has 0 saturated heterocycles. The molecule has 0 heterocycles. The van der Waals surface area contributed by atoms with Gasteiger partial charge in [0.2, 0.25) is 0 Å². The Morgan fingerprint density at radius 1 is 0.500 bits per heavy atom. The Morgan fingerprint density at radius 2 is 1.05 bits per heavy atom. The van der Waals surface area contributed by atoms with Crippen LogP contribution < -0.4 is 0 Å².